The highest BCUT2D eigenvalue weighted by Gasteiger charge is 2.32. The van der Waals surface area contributed by atoms with Crippen LogP contribution in [0.1, 0.15) is 31.9 Å². The molecular formula is C29H34N4O6S. The third-order valence-electron chi connectivity index (χ3n) is 6.28. The SMILES string of the molecule is Cc1ccc(CN(C(=O)CN(c2ccc([N+](=O)[O-])cc2)S(=O)(=O)c2ccccc2)C(C)C(=O)NCC(C)C)cc1. The van der Waals surface area contributed by atoms with Gasteiger partial charge >= 0.3 is 0 Å². The summed E-state index contributed by atoms with van der Waals surface area (Å²) < 4.78 is 28.4. The van der Waals surface area contributed by atoms with E-state index in [1.807, 2.05) is 45.0 Å². The molecule has 3 aromatic carbocycles. The van der Waals surface area contributed by atoms with Crippen molar-refractivity contribution in [1.82, 2.24) is 10.2 Å². The average Bonchev–Trinajstić information content (AvgIpc) is 2.94. The number of carbonyl (C=O) groups excluding carboxylic acids is 2. The van der Waals surface area contributed by atoms with Crippen molar-refractivity contribution < 1.29 is 22.9 Å². The molecule has 10 nitrogen and oxygen atoms in total. The van der Waals surface area contributed by atoms with E-state index in [1.165, 1.54) is 41.3 Å². The molecule has 1 N–H and O–H groups in total. The van der Waals surface area contributed by atoms with E-state index in [1.54, 1.807) is 25.1 Å². The number of rotatable bonds is 12. The van der Waals surface area contributed by atoms with Crippen LogP contribution in [0.15, 0.2) is 83.8 Å². The minimum absolute atomic E-state index is 0.0473. The number of sulfonamides is 1. The number of nitrogens with one attached hydrogen (secondary N) is 1. The van der Waals surface area contributed by atoms with Crippen molar-refractivity contribution in [2.24, 2.45) is 5.92 Å². The fourth-order valence-electron chi connectivity index (χ4n) is 3.91. The zero-order valence-corrected chi connectivity index (χ0v) is 23.8. The number of benzene rings is 3. The Labute approximate surface area is 234 Å². The van der Waals surface area contributed by atoms with Crippen LogP contribution in [0.2, 0.25) is 0 Å². The summed E-state index contributed by atoms with van der Waals surface area (Å²) in [6.45, 7) is 7.33. The van der Waals surface area contributed by atoms with Crippen molar-refractivity contribution in [2.45, 2.75) is 45.2 Å². The van der Waals surface area contributed by atoms with Crippen molar-refractivity contribution in [3.63, 3.8) is 0 Å². The molecule has 0 aliphatic rings. The van der Waals surface area contributed by atoms with Crippen LogP contribution in [0.5, 0.6) is 0 Å². The Balaban J connectivity index is 2.01. The van der Waals surface area contributed by atoms with Crippen LogP contribution in [0.4, 0.5) is 11.4 Å². The summed E-state index contributed by atoms with van der Waals surface area (Å²) >= 11 is 0. The second kappa shape index (κ2) is 13.2. The molecule has 0 saturated carbocycles. The van der Waals surface area contributed by atoms with Gasteiger partial charge in [0.15, 0.2) is 0 Å². The summed E-state index contributed by atoms with van der Waals surface area (Å²) in [7, 11) is -4.25. The molecule has 40 heavy (non-hydrogen) atoms. The molecule has 0 aromatic heterocycles. The Morgan fingerprint density at radius 1 is 0.925 bits per heavy atom. The van der Waals surface area contributed by atoms with Crippen molar-refractivity contribution >= 4 is 33.2 Å². The predicted molar refractivity (Wildman–Crippen MR) is 153 cm³/mol. The second-order valence-corrected chi connectivity index (χ2v) is 11.8. The summed E-state index contributed by atoms with van der Waals surface area (Å²) in [5, 5.41) is 14.0. The molecule has 11 heteroatoms. The largest absolute Gasteiger partial charge is 0.354 e. The van der Waals surface area contributed by atoms with Crippen LogP contribution in [0.25, 0.3) is 0 Å². The Hall–Kier alpha value is -4.25. The molecule has 0 heterocycles. The lowest BCUT2D eigenvalue weighted by molar-refractivity contribution is -0.384. The third kappa shape index (κ3) is 7.66. The zero-order chi connectivity index (χ0) is 29.4. The number of nitrogens with zero attached hydrogens (tertiary/aromatic N) is 3. The first-order valence-corrected chi connectivity index (χ1v) is 14.3. The van der Waals surface area contributed by atoms with Crippen LogP contribution in [0, 0.1) is 23.0 Å². The van der Waals surface area contributed by atoms with Gasteiger partial charge in [0.1, 0.15) is 12.6 Å². The van der Waals surface area contributed by atoms with Crippen molar-refractivity contribution in [1.29, 1.82) is 0 Å². The van der Waals surface area contributed by atoms with E-state index < -0.39 is 33.4 Å². The van der Waals surface area contributed by atoms with E-state index in [-0.39, 0.29) is 34.6 Å². The first-order chi connectivity index (χ1) is 18.9. The van der Waals surface area contributed by atoms with E-state index >= 15 is 0 Å². The number of non-ortho nitro benzene ring substituents is 1. The lowest BCUT2D eigenvalue weighted by Crippen LogP contribution is -2.51. The standard InChI is InChI=1S/C29H34N4O6S/c1-21(2)18-30-29(35)23(4)31(19-24-12-10-22(3)11-13-24)28(34)20-32(25-14-16-26(17-15-25)33(36)37)40(38,39)27-8-6-5-7-9-27/h5-17,21,23H,18-20H2,1-4H3,(H,30,35). The van der Waals surface area contributed by atoms with Crippen molar-refractivity contribution in [3.05, 3.63) is 100 Å². The summed E-state index contributed by atoms with van der Waals surface area (Å²) in [5.41, 5.74) is 1.66. The number of carbonyl (C=O) groups is 2. The topological polar surface area (TPSA) is 130 Å². The minimum Gasteiger partial charge on any atom is -0.354 e. The monoisotopic (exact) mass is 566 g/mol. The molecule has 3 aromatic rings. The molecule has 2 amide bonds. The maximum Gasteiger partial charge on any atom is 0.269 e. The first kappa shape index (κ1) is 30.3. The maximum absolute atomic E-state index is 13.9. The molecule has 0 bridgehead atoms. The molecular weight excluding hydrogens is 532 g/mol. The minimum atomic E-state index is -4.25. The van der Waals surface area contributed by atoms with E-state index in [0.717, 1.165) is 15.4 Å². The van der Waals surface area contributed by atoms with E-state index in [2.05, 4.69) is 5.32 Å². The normalized spacial score (nSPS) is 12.0. The van der Waals surface area contributed by atoms with Crippen molar-refractivity contribution in [2.75, 3.05) is 17.4 Å². The number of anilines is 1. The van der Waals surface area contributed by atoms with Gasteiger partial charge in [0.25, 0.3) is 15.7 Å². The van der Waals surface area contributed by atoms with Gasteiger partial charge in [-0.1, -0.05) is 61.9 Å². The molecule has 0 saturated heterocycles. The molecule has 1 atom stereocenters. The molecule has 0 spiro atoms. The van der Waals surface area contributed by atoms with Gasteiger partial charge < -0.3 is 10.2 Å². The lowest BCUT2D eigenvalue weighted by Gasteiger charge is -2.32. The zero-order valence-electron chi connectivity index (χ0n) is 23.0. The highest BCUT2D eigenvalue weighted by molar-refractivity contribution is 7.92. The second-order valence-electron chi connectivity index (χ2n) is 9.92. The number of hydrogen-bond donors (Lipinski definition) is 1. The van der Waals surface area contributed by atoms with Crippen LogP contribution >= 0.6 is 0 Å². The van der Waals surface area contributed by atoms with Gasteiger partial charge in [-0.3, -0.25) is 24.0 Å². The molecule has 0 fully saturated rings. The van der Waals surface area contributed by atoms with Crippen molar-refractivity contribution in [3.8, 4) is 0 Å². The summed E-state index contributed by atoms with van der Waals surface area (Å²) in [6.07, 6.45) is 0. The Kier molecular flexibility index (Phi) is 10.0. The third-order valence-corrected chi connectivity index (χ3v) is 8.07. The average molecular weight is 567 g/mol. The van der Waals surface area contributed by atoms with E-state index in [4.69, 9.17) is 0 Å². The number of amides is 2. The summed E-state index contributed by atoms with van der Waals surface area (Å²) in [6, 6.07) is 19.1. The fourth-order valence-corrected chi connectivity index (χ4v) is 5.35. The lowest BCUT2D eigenvalue weighted by atomic mass is 10.1. The van der Waals surface area contributed by atoms with Gasteiger partial charge in [-0.05, 0) is 49.6 Å². The highest BCUT2D eigenvalue weighted by Crippen LogP contribution is 2.26. The van der Waals surface area contributed by atoms with Crippen LogP contribution in [0.3, 0.4) is 0 Å². The van der Waals surface area contributed by atoms with Gasteiger partial charge in [-0.2, -0.15) is 0 Å². The molecule has 212 valence electrons. The maximum atomic E-state index is 13.9. The quantitative estimate of drug-likeness (QED) is 0.257. The number of nitro groups is 1. The Bertz CT molecular complexity index is 1430. The van der Waals surface area contributed by atoms with Gasteiger partial charge in [0, 0.05) is 25.2 Å². The highest BCUT2D eigenvalue weighted by atomic mass is 32.2. The van der Waals surface area contributed by atoms with E-state index in [9.17, 15) is 28.1 Å². The smallest absolute Gasteiger partial charge is 0.269 e. The van der Waals surface area contributed by atoms with Gasteiger partial charge in [-0.15, -0.1) is 0 Å². The first-order valence-electron chi connectivity index (χ1n) is 12.8. The summed E-state index contributed by atoms with van der Waals surface area (Å²) in [5.74, 6) is -0.765. The van der Waals surface area contributed by atoms with Gasteiger partial charge in [0.05, 0.1) is 15.5 Å². The van der Waals surface area contributed by atoms with E-state index in [0.29, 0.717) is 6.54 Å². The Morgan fingerprint density at radius 3 is 2.08 bits per heavy atom. The van der Waals surface area contributed by atoms with Gasteiger partial charge in [0.2, 0.25) is 11.8 Å². The number of hydrogen-bond acceptors (Lipinski definition) is 6. The van der Waals surface area contributed by atoms with Crippen LogP contribution in [-0.4, -0.2) is 49.2 Å². The molecule has 0 aliphatic heterocycles. The fraction of sp³-hybridized carbons (Fsp3) is 0.310. The molecule has 0 aliphatic carbocycles. The van der Waals surface area contributed by atoms with Gasteiger partial charge in [-0.25, -0.2) is 8.42 Å². The predicted octanol–water partition coefficient (Wildman–Crippen LogP) is 4.29. The summed E-state index contributed by atoms with van der Waals surface area (Å²) in [4.78, 5) is 38.8. The Morgan fingerprint density at radius 2 is 1.52 bits per heavy atom. The molecule has 3 rings (SSSR count). The molecule has 1 unspecified atom stereocenters. The number of aryl methyl sites for hydroxylation is 1. The number of nitro benzene ring substituents is 1. The molecule has 0 radical (unpaired) electrons. The van der Waals surface area contributed by atoms with Crippen LogP contribution < -0.4 is 9.62 Å². The van der Waals surface area contributed by atoms with Crippen LogP contribution in [-0.2, 0) is 26.2 Å².